The van der Waals surface area contributed by atoms with Crippen molar-refractivity contribution in [2.45, 2.75) is 13.3 Å². The molecule has 3 rings (SSSR count). The minimum Gasteiger partial charge on any atom is -0.325 e. The predicted octanol–water partition coefficient (Wildman–Crippen LogP) is 3.12. The highest BCUT2D eigenvalue weighted by atomic mass is 16.2. The fourth-order valence-electron chi connectivity index (χ4n) is 2.77. The van der Waals surface area contributed by atoms with Gasteiger partial charge in [0.05, 0.1) is 12.2 Å². The average molecular weight is 307 g/mol. The van der Waals surface area contributed by atoms with Gasteiger partial charge in [-0.3, -0.25) is 14.7 Å². The van der Waals surface area contributed by atoms with Gasteiger partial charge in [0.25, 0.3) is 0 Å². The molecule has 0 saturated heterocycles. The summed E-state index contributed by atoms with van der Waals surface area (Å²) in [7, 11) is 0. The Morgan fingerprint density at radius 1 is 1.26 bits per heavy atom. The third kappa shape index (κ3) is 4.27. The highest BCUT2D eigenvalue weighted by molar-refractivity contribution is 5.92. The Balaban J connectivity index is 1.54. The van der Waals surface area contributed by atoms with E-state index in [1.54, 1.807) is 0 Å². The van der Waals surface area contributed by atoms with Crippen molar-refractivity contribution < 1.29 is 4.79 Å². The van der Waals surface area contributed by atoms with E-state index >= 15 is 0 Å². The Labute approximate surface area is 136 Å². The highest BCUT2D eigenvalue weighted by Crippen LogP contribution is 2.20. The second-order valence-electron chi connectivity index (χ2n) is 5.85. The molecule has 23 heavy (non-hydrogen) atoms. The summed E-state index contributed by atoms with van der Waals surface area (Å²) in [5.74, 6) is 0.0327. The molecule has 1 aliphatic rings. The molecule has 0 bridgehead atoms. The van der Waals surface area contributed by atoms with Crippen molar-refractivity contribution in [3.05, 3.63) is 66.0 Å². The van der Waals surface area contributed by atoms with Crippen LogP contribution in [-0.2, 0) is 4.79 Å². The first-order valence-electron chi connectivity index (χ1n) is 7.90. The van der Waals surface area contributed by atoms with Gasteiger partial charge in [-0.25, -0.2) is 0 Å². The fraction of sp³-hybridized carbons (Fsp3) is 0.263. The molecule has 4 nitrogen and oxygen atoms in total. The third-order valence-electron chi connectivity index (χ3n) is 3.96. The summed E-state index contributed by atoms with van der Waals surface area (Å²) in [5.41, 5.74) is 4.30. The first-order valence-corrected chi connectivity index (χ1v) is 7.90. The monoisotopic (exact) mass is 307 g/mol. The fourth-order valence-corrected chi connectivity index (χ4v) is 2.77. The minimum atomic E-state index is 0.0327. The van der Waals surface area contributed by atoms with Crippen LogP contribution in [0.1, 0.15) is 17.7 Å². The maximum absolute atomic E-state index is 12.2. The van der Waals surface area contributed by atoms with Gasteiger partial charge in [0.2, 0.25) is 5.91 Å². The first-order chi connectivity index (χ1) is 11.2. The van der Waals surface area contributed by atoms with Gasteiger partial charge >= 0.3 is 0 Å². The molecule has 118 valence electrons. The molecule has 4 heteroatoms. The van der Waals surface area contributed by atoms with Gasteiger partial charge in [0, 0.05) is 25.0 Å². The molecule has 0 fully saturated rings. The van der Waals surface area contributed by atoms with Crippen LogP contribution in [0.25, 0.3) is 5.57 Å². The molecule has 2 aromatic rings. The van der Waals surface area contributed by atoms with Crippen LogP contribution in [0.4, 0.5) is 5.69 Å². The molecule has 0 spiro atoms. The normalized spacial score (nSPS) is 15.1. The zero-order valence-corrected chi connectivity index (χ0v) is 13.3. The number of amides is 1. The molecular weight excluding hydrogens is 286 g/mol. The van der Waals surface area contributed by atoms with Crippen LogP contribution >= 0.6 is 0 Å². The van der Waals surface area contributed by atoms with E-state index in [-0.39, 0.29) is 5.91 Å². The number of nitrogens with one attached hydrogen (secondary N) is 1. The second kappa shape index (κ2) is 7.20. The molecule has 0 radical (unpaired) electrons. The first kappa shape index (κ1) is 15.4. The van der Waals surface area contributed by atoms with E-state index in [9.17, 15) is 4.79 Å². The smallest absolute Gasteiger partial charge is 0.238 e. The number of pyridine rings is 1. The molecule has 1 aromatic carbocycles. The summed E-state index contributed by atoms with van der Waals surface area (Å²) in [4.78, 5) is 18.7. The van der Waals surface area contributed by atoms with Gasteiger partial charge in [-0.15, -0.1) is 0 Å². The number of anilines is 1. The maximum Gasteiger partial charge on any atom is 0.238 e. The summed E-state index contributed by atoms with van der Waals surface area (Å²) < 4.78 is 0. The topological polar surface area (TPSA) is 45.2 Å². The third-order valence-corrected chi connectivity index (χ3v) is 3.96. The molecule has 1 amide bonds. The number of hydrogen-bond donors (Lipinski definition) is 1. The molecule has 0 aliphatic carbocycles. The Kier molecular flexibility index (Phi) is 4.83. The highest BCUT2D eigenvalue weighted by Gasteiger charge is 2.16. The van der Waals surface area contributed by atoms with Crippen LogP contribution in [-0.4, -0.2) is 35.4 Å². The number of hydrogen-bond acceptors (Lipinski definition) is 3. The summed E-state index contributed by atoms with van der Waals surface area (Å²) >= 11 is 0. The second-order valence-corrected chi connectivity index (χ2v) is 5.85. The Bertz CT molecular complexity index is 710. The number of carbonyl (C=O) groups is 1. The van der Waals surface area contributed by atoms with E-state index in [1.807, 2.05) is 55.6 Å². The van der Waals surface area contributed by atoms with Gasteiger partial charge < -0.3 is 5.32 Å². The zero-order valence-electron chi connectivity index (χ0n) is 13.3. The molecule has 1 aliphatic heterocycles. The summed E-state index contributed by atoms with van der Waals surface area (Å²) in [6.07, 6.45) is 4.92. The molecule has 0 atom stereocenters. The van der Waals surface area contributed by atoms with Gasteiger partial charge in [0.1, 0.15) is 0 Å². The van der Waals surface area contributed by atoms with Crippen molar-refractivity contribution in [1.29, 1.82) is 0 Å². The van der Waals surface area contributed by atoms with Crippen molar-refractivity contribution in [2.75, 3.05) is 25.0 Å². The Morgan fingerprint density at radius 3 is 2.87 bits per heavy atom. The van der Waals surface area contributed by atoms with E-state index in [0.29, 0.717) is 6.54 Å². The lowest BCUT2D eigenvalue weighted by Crippen LogP contribution is -2.36. The van der Waals surface area contributed by atoms with Gasteiger partial charge in [-0.2, -0.15) is 0 Å². The van der Waals surface area contributed by atoms with Gasteiger partial charge in [0.15, 0.2) is 0 Å². The standard InChI is InChI=1S/C19H21N3O/c1-15-5-4-6-17(13-15)21-19(23)14-22-11-8-16(9-12-22)18-7-2-3-10-20-18/h2-8,10,13H,9,11-12,14H2,1H3,(H,21,23). The van der Waals surface area contributed by atoms with E-state index in [0.717, 1.165) is 36.5 Å². The summed E-state index contributed by atoms with van der Waals surface area (Å²) in [6, 6.07) is 13.8. The molecule has 1 aromatic heterocycles. The number of aromatic nitrogens is 1. The molecule has 0 saturated carbocycles. The van der Waals surface area contributed by atoms with Crippen LogP contribution in [0.3, 0.4) is 0 Å². The largest absolute Gasteiger partial charge is 0.325 e. The molecule has 0 unspecified atom stereocenters. The number of rotatable bonds is 4. The van der Waals surface area contributed by atoms with Crippen LogP contribution in [0, 0.1) is 6.92 Å². The predicted molar refractivity (Wildman–Crippen MR) is 93.1 cm³/mol. The van der Waals surface area contributed by atoms with Crippen molar-refractivity contribution in [1.82, 2.24) is 9.88 Å². The van der Waals surface area contributed by atoms with Crippen molar-refractivity contribution in [3.63, 3.8) is 0 Å². The minimum absolute atomic E-state index is 0.0327. The van der Waals surface area contributed by atoms with E-state index < -0.39 is 0 Å². The number of carbonyl (C=O) groups excluding carboxylic acids is 1. The Hall–Kier alpha value is -2.46. The zero-order chi connectivity index (χ0) is 16.1. The van der Waals surface area contributed by atoms with Crippen LogP contribution in [0.5, 0.6) is 0 Å². The van der Waals surface area contributed by atoms with Gasteiger partial charge in [-0.05, 0) is 48.7 Å². The summed E-state index contributed by atoms with van der Waals surface area (Å²) in [5, 5.41) is 2.96. The van der Waals surface area contributed by atoms with Gasteiger partial charge in [-0.1, -0.05) is 24.3 Å². The van der Waals surface area contributed by atoms with E-state index in [2.05, 4.69) is 21.3 Å². The number of nitrogens with zero attached hydrogens (tertiary/aromatic N) is 2. The van der Waals surface area contributed by atoms with Crippen molar-refractivity contribution in [2.24, 2.45) is 0 Å². The number of aryl methyl sites for hydroxylation is 1. The van der Waals surface area contributed by atoms with Crippen LogP contribution < -0.4 is 5.32 Å². The molecule has 2 heterocycles. The number of benzene rings is 1. The van der Waals surface area contributed by atoms with Crippen molar-refractivity contribution >= 4 is 17.2 Å². The Morgan fingerprint density at radius 2 is 2.17 bits per heavy atom. The lowest BCUT2D eigenvalue weighted by atomic mass is 10.0. The maximum atomic E-state index is 12.2. The summed E-state index contributed by atoms with van der Waals surface area (Å²) in [6.45, 7) is 4.10. The van der Waals surface area contributed by atoms with Crippen molar-refractivity contribution in [3.8, 4) is 0 Å². The molecular formula is C19H21N3O. The van der Waals surface area contributed by atoms with E-state index in [1.165, 1.54) is 5.57 Å². The molecule has 1 N–H and O–H groups in total. The lowest BCUT2D eigenvalue weighted by molar-refractivity contribution is -0.117. The lowest BCUT2D eigenvalue weighted by Gasteiger charge is -2.25. The average Bonchev–Trinajstić information content (AvgIpc) is 2.56. The van der Waals surface area contributed by atoms with Crippen LogP contribution in [0.15, 0.2) is 54.7 Å². The van der Waals surface area contributed by atoms with Crippen LogP contribution in [0.2, 0.25) is 0 Å². The quantitative estimate of drug-likeness (QED) is 0.944. The SMILES string of the molecule is Cc1cccc(NC(=O)CN2CC=C(c3ccccn3)CC2)c1. The van der Waals surface area contributed by atoms with E-state index in [4.69, 9.17) is 0 Å².